The summed E-state index contributed by atoms with van der Waals surface area (Å²) in [7, 11) is 0. The average Bonchev–Trinajstić information content (AvgIpc) is 2.47. The van der Waals surface area contributed by atoms with Crippen LogP contribution in [-0.2, 0) is 25.5 Å². The molecule has 1 atom stereocenters. The van der Waals surface area contributed by atoms with E-state index in [2.05, 4.69) is 6.08 Å². The van der Waals surface area contributed by atoms with Gasteiger partial charge in [0, 0.05) is 5.92 Å². The molecule has 4 nitrogen and oxygen atoms in total. The molecular weight excluding hydrogens is 292 g/mol. The Morgan fingerprint density at radius 2 is 1.61 bits per heavy atom. The SMILES string of the molecule is CCOC(=O)C(C(=O)OCC)C(Cc1ccccc1)C1=CCC1. The van der Waals surface area contributed by atoms with Crippen LogP contribution in [0, 0.1) is 11.8 Å². The maximum atomic E-state index is 12.4. The molecule has 1 aromatic rings. The minimum Gasteiger partial charge on any atom is -0.465 e. The Morgan fingerprint density at radius 3 is 2.04 bits per heavy atom. The number of esters is 2. The summed E-state index contributed by atoms with van der Waals surface area (Å²) in [5.41, 5.74) is 2.25. The number of allylic oxidation sites excluding steroid dienone is 2. The third-order valence-corrected chi connectivity index (χ3v) is 4.10. The molecule has 1 aliphatic carbocycles. The number of hydrogen-bond acceptors (Lipinski definition) is 4. The highest BCUT2D eigenvalue weighted by atomic mass is 16.6. The molecule has 0 saturated heterocycles. The standard InChI is InChI=1S/C19H24O4/c1-3-22-18(20)17(19(21)23-4-2)16(15-11-8-12-15)13-14-9-6-5-7-10-14/h5-7,9-11,16-17H,3-4,8,12-13H2,1-2H3. The second-order valence-electron chi connectivity index (χ2n) is 5.60. The fourth-order valence-corrected chi connectivity index (χ4v) is 2.87. The Balaban J connectivity index is 2.27. The molecule has 0 bridgehead atoms. The summed E-state index contributed by atoms with van der Waals surface area (Å²) in [5, 5.41) is 0. The number of rotatable bonds is 8. The van der Waals surface area contributed by atoms with E-state index in [1.807, 2.05) is 30.3 Å². The summed E-state index contributed by atoms with van der Waals surface area (Å²) in [6.07, 6.45) is 4.67. The van der Waals surface area contributed by atoms with Gasteiger partial charge in [-0.1, -0.05) is 42.0 Å². The molecule has 0 N–H and O–H groups in total. The number of ether oxygens (including phenoxy) is 2. The molecule has 0 amide bonds. The van der Waals surface area contributed by atoms with Crippen LogP contribution in [-0.4, -0.2) is 25.2 Å². The van der Waals surface area contributed by atoms with Gasteiger partial charge in [0.05, 0.1) is 13.2 Å². The first kappa shape index (κ1) is 17.3. The molecule has 0 fully saturated rings. The highest BCUT2D eigenvalue weighted by molar-refractivity contribution is 5.95. The molecule has 0 spiro atoms. The van der Waals surface area contributed by atoms with Crippen LogP contribution in [0.3, 0.4) is 0 Å². The van der Waals surface area contributed by atoms with Crippen molar-refractivity contribution in [3.63, 3.8) is 0 Å². The minimum atomic E-state index is -0.887. The molecule has 0 heterocycles. The van der Waals surface area contributed by atoms with Gasteiger partial charge >= 0.3 is 11.9 Å². The fourth-order valence-electron chi connectivity index (χ4n) is 2.87. The quantitative estimate of drug-likeness (QED) is 0.419. The number of hydrogen-bond donors (Lipinski definition) is 0. The van der Waals surface area contributed by atoms with Crippen LogP contribution < -0.4 is 0 Å². The topological polar surface area (TPSA) is 52.6 Å². The van der Waals surface area contributed by atoms with Crippen LogP contribution in [0.1, 0.15) is 32.3 Å². The smallest absolute Gasteiger partial charge is 0.320 e. The Kier molecular flexibility index (Phi) is 6.39. The van der Waals surface area contributed by atoms with E-state index in [1.165, 1.54) is 0 Å². The van der Waals surface area contributed by atoms with Crippen LogP contribution in [0.15, 0.2) is 42.0 Å². The number of carbonyl (C=O) groups is 2. The molecular formula is C19H24O4. The van der Waals surface area contributed by atoms with E-state index in [1.54, 1.807) is 13.8 Å². The maximum absolute atomic E-state index is 12.4. The molecule has 2 rings (SSSR count). The van der Waals surface area contributed by atoms with Gasteiger partial charge < -0.3 is 9.47 Å². The van der Waals surface area contributed by atoms with E-state index >= 15 is 0 Å². The van der Waals surface area contributed by atoms with E-state index in [-0.39, 0.29) is 19.1 Å². The summed E-state index contributed by atoms with van der Waals surface area (Å²) in [4.78, 5) is 24.8. The van der Waals surface area contributed by atoms with Crippen molar-refractivity contribution < 1.29 is 19.1 Å². The lowest BCUT2D eigenvalue weighted by Crippen LogP contribution is -2.37. The highest BCUT2D eigenvalue weighted by Crippen LogP contribution is 2.35. The van der Waals surface area contributed by atoms with Crippen LogP contribution in [0.25, 0.3) is 0 Å². The second kappa shape index (κ2) is 8.51. The van der Waals surface area contributed by atoms with Gasteiger partial charge in [-0.05, 0) is 38.7 Å². The lowest BCUT2D eigenvalue weighted by atomic mass is 9.75. The Labute approximate surface area is 137 Å². The number of benzene rings is 1. The van der Waals surface area contributed by atoms with Gasteiger partial charge in [0.25, 0.3) is 0 Å². The van der Waals surface area contributed by atoms with E-state index in [0.717, 1.165) is 24.0 Å². The van der Waals surface area contributed by atoms with Gasteiger partial charge in [-0.25, -0.2) is 0 Å². The van der Waals surface area contributed by atoms with Crippen molar-refractivity contribution in [1.29, 1.82) is 0 Å². The first-order chi connectivity index (χ1) is 11.2. The summed E-state index contributed by atoms with van der Waals surface area (Å²) < 4.78 is 10.3. The van der Waals surface area contributed by atoms with Gasteiger partial charge in [0.2, 0.25) is 0 Å². The maximum Gasteiger partial charge on any atom is 0.320 e. The Morgan fingerprint density at radius 1 is 1.04 bits per heavy atom. The predicted molar refractivity (Wildman–Crippen MR) is 87.7 cm³/mol. The zero-order valence-corrected chi connectivity index (χ0v) is 13.8. The van der Waals surface area contributed by atoms with Gasteiger partial charge in [-0.2, -0.15) is 0 Å². The van der Waals surface area contributed by atoms with Gasteiger partial charge in [0.15, 0.2) is 5.92 Å². The van der Waals surface area contributed by atoms with Crippen molar-refractivity contribution >= 4 is 11.9 Å². The molecule has 0 radical (unpaired) electrons. The summed E-state index contributed by atoms with van der Waals surface area (Å²) in [5.74, 6) is -2.05. The Bertz CT molecular complexity index is 544. The molecule has 124 valence electrons. The normalized spacial score (nSPS) is 14.7. The minimum absolute atomic E-state index is 0.191. The largest absolute Gasteiger partial charge is 0.465 e. The van der Waals surface area contributed by atoms with Crippen LogP contribution in [0.4, 0.5) is 0 Å². The average molecular weight is 316 g/mol. The van der Waals surface area contributed by atoms with Crippen LogP contribution in [0.5, 0.6) is 0 Å². The van der Waals surface area contributed by atoms with E-state index < -0.39 is 17.9 Å². The zero-order chi connectivity index (χ0) is 16.7. The summed E-state index contributed by atoms with van der Waals surface area (Å²) in [6, 6.07) is 9.91. The third-order valence-electron chi connectivity index (χ3n) is 4.10. The van der Waals surface area contributed by atoms with Crippen LogP contribution in [0.2, 0.25) is 0 Å². The predicted octanol–water partition coefficient (Wildman–Crippen LogP) is 3.31. The van der Waals surface area contributed by atoms with Gasteiger partial charge in [0.1, 0.15) is 0 Å². The van der Waals surface area contributed by atoms with E-state index in [0.29, 0.717) is 6.42 Å². The van der Waals surface area contributed by atoms with Crippen molar-refractivity contribution in [3.05, 3.63) is 47.5 Å². The van der Waals surface area contributed by atoms with Crippen molar-refractivity contribution in [3.8, 4) is 0 Å². The molecule has 0 aromatic heterocycles. The molecule has 1 unspecified atom stereocenters. The van der Waals surface area contributed by atoms with Crippen molar-refractivity contribution in [2.45, 2.75) is 33.1 Å². The highest BCUT2D eigenvalue weighted by Gasteiger charge is 2.40. The zero-order valence-electron chi connectivity index (χ0n) is 13.8. The monoisotopic (exact) mass is 316 g/mol. The van der Waals surface area contributed by atoms with Gasteiger partial charge in [-0.3, -0.25) is 9.59 Å². The van der Waals surface area contributed by atoms with Crippen molar-refractivity contribution in [1.82, 2.24) is 0 Å². The fraction of sp³-hybridized carbons (Fsp3) is 0.474. The van der Waals surface area contributed by atoms with Crippen molar-refractivity contribution in [2.24, 2.45) is 11.8 Å². The molecule has 4 heteroatoms. The third kappa shape index (κ3) is 4.44. The van der Waals surface area contributed by atoms with Crippen molar-refractivity contribution in [2.75, 3.05) is 13.2 Å². The number of carbonyl (C=O) groups excluding carboxylic acids is 2. The van der Waals surface area contributed by atoms with Crippen LogP contribution >= 0.6 is 0 Å². The first-order valence-corrected chi connectivity index (χ1v) is 8.23. The lowest BCUT2D eigenvalue weighted by Gasteiger charge is -2.30. The summed E-state index contributed by atoms with van der Waals surface area (Å²) in [6.45, 7) is 4.00. The molecule has 1 aliphatic rings. The van der Waals surface area contributed by atoms with E-state index in [9.17, 15) is 9.59 Å². The molecule has 0 saturated carbocycles. The molecule has 1 aromatic carbocycles. The Hall–Kier alpha value is -2.10. The molecule has 0 aliphatic heterocycles. The second-order valence-corrected chi connectivity index (χ2v) is 5.60. The van der Waals surface area contributed by atoms with E-state index in [4.69, 9.17) is 9.47 Å². The van der Waals surface area contributed by atoms with Gasteiger partial charge in [-0.15, -0.1) is 0 Å². The lowest BCUT2D eigenvalue weighted by molar-refractivity contribution is -0.163. The molecule has 23 heavy (non-hydrogen) atoms. The first-order valence-electron chi connectivity index (χ1n) is 8.23. The summed E-state index contributed by atoms with van der Waals surface area (Å²) >= 11 is 0.